The lowest BCUT2D eigenvalue weighted by Crippen LogP contribution is -2.29. The molecule has 30 heavy (non-hydrogen) atoms. The summed E-state index contributed by atoms with van der Waals surface area (Å²) in [5.41, 5.74) is 7.03. The van der Waals surface area contributed by atoms with Crippen molar-refractivity contribution in [1.29, 1.82) is 0 Å². The van der Waals surface area contributed by atoms with Gasteiger partial charge in [0.25, 0.3) is 0 Å². The number of carbonyl (C=O) groups is 1. The van der Waals surface area contributed by atoms with Crippen LogP contribution < -0.4 is 11.1 Å². The first-order valence-electron chi connectivity index (χ1n) is 9.45. The summed E-state index contributed by atoms with van der Waals surface area (Å²) in [7, 11) is 1.78. The van der Waals surface area contributed by atoms with Crippen LogP contribution in [-0.4, -0.2) is 32.5 Å². The highest BCUT2D eigenvalue weighted by atomic mass is 19.1. The lowest BCUT2D eigenvalue weighted by atomic mass is 9.98. The maximum absolute atomic E-state index is 13.9. The summed E-state index contributed by atoms with van der Waals surface area (Å²) in [6.45, 7) is 0. The van der Waals surface area contributed by atoms with Crippen molar-refractivity contribution >= 4 is 28.0 Å². The predicted molar refractivity (Wildman–Crippen MR) is 110 cm³/mol. The number of nitrogens with one attached hydrogen (secondary N) is 1. The van der Waals surface area contributed by atoms with Gasteiger partial charge < -0.3 is 11.1 Å². The van der Waals surface area contributed by atoms with E-state index < -0.39 is 5.41 Å². The van der Waals surface area contributed by atoms with Gasteiger partial charge in [-0.25, -0.2) is 13.9 Å². The Morgan fingerprint density at radius 2 is 2.07 bits per heavy atom. The highest BCUT2D eigenvalue weighted by Gasteiger charge is 2.51. The Morgan fingerprint density at radius 1 is 1.23 bits per heavy atom. The minimum atomic E-state index is -0.693. The first kappa shape index (κ1) is 18.1. The Hall–Kier alpha value is -3.99. The van der Waals surface area contributed by atoms with E-state index in [1.165, 1.54) is 10.6 Å². The molecule has 4 aromatic heterocycles. The van der Waals surface area contributed by atoms with Crippen molar-refractivity contribution in [2.75, 3.05) is 12.4 Å². The zero-order valence-corrected chi connectivity index (χ0v) is 16.1. The summed E-state index contributed by atoms with van der Waals surface area (Å²) in [6, 6.07) is 6.42. The van der Waals surface area contributed by atoms with Crippen LogP contribution in [0.2, 0.25) is 0 Å². The zero-order valence-electron chi connectivity index (χ0n) is 16.1. The van der Waals surface area contributed by atoms with Crippen LogP contribution in [0, 0.1) is 17.7 Å². The molecule has 1 aliphatic carbocycles. The van der Waals surface area contributed by atoms with Crippen LogP contribution in [0.15, 0.2) is 42.9 Å². The Kier molecular flexibility index (Phi) is 3.93. The molecule has 0 saturated heterocycles. The van der Waals surface area contributed by atoms with Crippen LogP contribution in [0.3, 0.4) is 0 Å². The van der Waals surface area contributed by atoms with Crippen LogP contribution in [0.25, 0.3) is 16.3 Å². The van der Waals surface area contributed by atoms with Gasteiger partial charge in [0.2, 0.25) is 5.91 Å². The number of primary amides is 1. The van der Waals surface area contributed by atoms with E-state index in [2.05, 4.69) is 32.2 Å². The van der Waals surface area contributed by atoms with E-state index in [9.17, 15) is 9.18 Å². The molecule has 1 amide bonds. The first-order chi connectivity index (χ1) is 14.5. The largest absolute Gasteiger partial charge is 0.373 e. The quantitative estimate of drug-likeness (QED) is 0.515. The molecule has 1 fully saturated rings. The predicted octanol–water partition coefficient (Wildman–Crippen LogP) is 2.38. The number of nitrogens with zero attached hydrogens (tertiary/aromatic N) is 4. The van der Waals surface area contributed by atoms with Gasteiger partial charge in [-0.2, -0.15) is 5.10 Å². The Morgan fingerprint density at radius 3 is 2.77 bits per heavy atom. The molecule has 148 valence electrons. The van der Waals surface area contributed by atoms with Gasteiger partial charge >= 0.3 is 0 Å². The van der Waals surface area contributed by atoms with Crippen molar-refractivity contribution in [2.45, 2.75) is 18.3 Å². The van der Waals surface area contributed by atoms with Crippen molar-refractivity contribution in [3.05, 3.63) is 65.6 Å². The second-order valence-corrected chi connectivity index (χ2v) is 7.30. The molecule has 5 rings (SSSR count). The Labute approximate surface area is 171 Å². The number of fused-ring (bicyclic) bond motifs is 2. The fraction of sp³-hybridized carbons (Fsp3) is 0.182. The molecule has 3 N–H and O–H groups in total. The first-order valence-corrected chi connectivity index (χ1v) is 9.45. The molecule has 0 unspecified atom stereocenters. The molecule has 0 spiro atoms. The number of rotatable bonds is 3. The SMILES string of the molecule is CNc1ncc(C#Cc2cc3c(F)cccn3n2)c2cc(C3(C(N)=O)CC3)ncc12. The minimum absolute atomic E-state index is 0.360. The third-order valence-corrected chi connectivity index (χ3v) is 5.50. The van der Waals surface area contributed by atoms with E-state index in [4.69, 9.17) is 5.73 Å². The van der Waals surface area contributed by atoms with Gasteiger partial charge in [-0.1, -0.05) is 5.92 Å². The number of amides is 1. The van der Waals surface area contributed by atoms with Crippen LogP contribution in [-0.2, 0) is 10.2 Å². The van der Waals surface area contributed by atoms with Gasteiger partial charge in [0, 0.05) is 42.5 Å². The monoisotopic (exact) mass is 400 g/mol. The summed E-state index contributed by atoms with van der Waals surface area (Å²) in [5, 5.41) is 8.93. The van der Waals surface area contributed by atoms with Gasteiger partial charge in [-0.15, -0.1) is 0 Å². The van der Waals surface area contributed by atoms with Crippen molar-refractivity contribution < 1.29 is 9.18 Å². The Balaban J connectivity index is 1.64. The fourth-order valence-corrected chi connectivity index (χ4v) is 3.62. The number of halogens is 1. The number of pyridine rings is 3. The molecule has 1 saturated carbocycles. The average molecular weight is 400 g/mol. The van der Waals surface area contributed by atoms with Gasteiger partial charge in [-0.05, 0) is 37.0 Å². The highest BCUT2D eigenvalue weighted by molar-refractivity contribution is 5.97. The second kappa shape index (κ2) is 6.52. The standard InChI is InChI=1S/C22H17FN6O/c1-25-20-16-12-26-19(22(6-7-22)21(24)30)10-15(16)13(11-27-20)4-5-14-9-18-17(23)3-2-8-29(18)28-14/h2-3,8-12H,6-7H2,1H3,(H2,24,30)(H,25,27). The van der Waals surface area contributed by atoms with Gasteiger partial charge in [0.05, 0.1) is 16.7 Å². The van der Waals surface area contributed by atoms with E-state index in [1.807, 2.05) is 6.07 Å². The van der Waals surface area contributed by atoms with Crippen LogP contribution in [0.1, 0.15) is 29.8 Å². The highest BCUT2D eigenvalue weighted by Crippen LogP contribution is 2.47. The van der Waals surface area contributed by atoms with Crippen LogP contribution >= 0.6 is 0 Å². The van der Waals surface area contributed by atoms with E-state index in [0.29, 0.717) is 41.1 Å². The molecule has 4 heterocycles. The minimum Gasteiger partial charge on any atom is -0.373 e. The molecular formula is C22H17FN6O. The number of carbonyl (C=O) groups excluding carboxylic acids is 1. The van der Waals surface area contributed by atoms with Gasteiger partial charge in [-0.3, -0.25) is 9.78 Å². The number of nitrogens with two attached hydrogens (primary N) is 1. The molecule has 0 aliphatic heterocycles. The fourth-order valence-electron chi connectivity index (χ4n) is 3.62. The van der Waals surface area contributed by atoms with Crippen molar-refractivity contribution in [3.63, 3.8) is 0 Å². The number of hydrogen-bond donors (Lipinski definition) is 2. The topological polar surface area (TPSA) is 98.2 Å². The molecule has 0 atom stereocenters. The van der Waals surface area contributed by atoms with E-state index >= 15 is 0 Å². The van der Waals surface area contributed by atoms with Crippen molar-refractivity contribution in [1.82, 2.24) is 19.6 Å². The average Bonchev–Trinajstić information content (AvgIpc) is 3.46. The number of aromatic nitrogens is 4. The van der Waals surface area contributed by atoms with E-state index in [-0.39, 0.29) is 11.7 Å². The maximum atomic E-state index is 13.9. The van der Waals surface area contributed by atoms with Crippen molar-refractivity contribution in [2.24, 2.45) is 5.73 Å². The molecule has 7 nitrogen and oxygen atoms in total. The second-order valence-electron chi connectivity index (χ2n) is 7.30. The zero-order chi connectivity index (χ0) is 20.9. The number of anilines is 1. The summed E-state index contributed by atoms with van der Waals surface area (Å²) in [4.78, 5) is 20.8. The maximum Gasteiger partial charge on any atom is 0.229 e. The van der Waals surface area contributed by atoms with Crippen molar-refractivity contribution in [3.8, 4) is 11.8 Å². The summed E-state index contributed by atoms with van der Waals surface area (Å²) in [6.07, 6.45) is 6.40. The smallest absolute Gasteiger partial charge is 0.229 e. The summed E-state index contributed by atoms with van der Waals surface area (Å²) >= 11 is 0. The molecule has 1 aliphatic rings. The molecule has 0 radical (unpaired) electrons. The molecule has 8 heteroatoms. The van der Waals surface area contributed by atoms with Crippen LogP contribution in [0.4, 0.5) is 10.2 Å². The Bertz CT molecular complexity index is 1390. The summed E-state index contributed by atoms with van der Waals surface area (Å²) < 4.78 is 15.4. The lowest BCUT2D eigenvalue weighted by molar-refractivity contribution is -0.120. The normalized spacial score (nSPS) is 14.3. The van der Waals surface area contributed by atoms with E-state index in [1.54, 1.807) is 37.8 Å². The third-order valence-electron chi connectivity index (χ3n) is 5.50. The van der Waals surface area contributed by atoms with Crippen LogP contribution in [0.5, 0.6) is 0 Å². The molecule has 0 aromatic carbocycles. The van der Waals surface area contributed by atoms with E-state index in [0.717, 1.165) is 10.8 Å². The molecular weight excluding hydrogens is 383 g/mol. The van der Waals surface area contributed by atoms with Gasteiger partial charge in [0.15, 0.2) is 0 Å². The molecule has 4 aromatic rings. The van der Waals surface area contributed by atoms with Gasteiger partial charge in [0.1, 0.15) is 22.8 Å². The molecule has 0 bridgehead atoms. The third kappa shape index (κ3) is 2.75. The number of hydrogen-bond acceptors (Lipinski definition) is 5. The summed E-state index contributed by atoms with van der Waals surface area (Å²) in [5.74, 6) is 6.00. The lowest BCUT2D eigenvalue weighted by Gasteiger charge is -2.13.